The molecule has 3 N–H and O–H groups in total. The lowest BCUT2D eigenvalue weighted by Gasteiger charge is -2.26. The Labute approximate surface area is 103 Å². The van der Waals surface area contributed by atoms with E-state index in [-0.39, 0.29) is 0 Å². The number of nitrogens with one attached hydrogen (secondary N) is 1. The standard InChI is InChI=1S/C11H24N4O2/c1-3-16-7-4-6-13-11(14-12)15(2)10-5-8-17-9-10/h10H,3-9,12H2,1-2H3,(H,13,14). The third-order valence-corrected chi connectivity index (χ3v) is 2.83. The van der Waals surface area contributed by atoms with Gasteiger partial charge in [0.15, 0.2) is 0 Å². The number of guanidine groups is 1. The maximum Gasteiger partial charge on any atom is 0.208 e. The van der Waals surface area contributed by atoms with E-state index in [0.717, 1.165) is 51.8 Å². The van der Waals surface area contributed by atoms with Crippen molar-refractivity contribution in [2.45, 2.75) is 25.8 Å². The number of nitrogens with two attached hydrogens (primary N) is 1. The third-order valence-electron chi connectivity index (χ3n) is 2.83. The smallest absolute Gasteiger partial charge is 0.208 e. The van der Waals surface area contributed by atoms with Crippen LogP contribution in [0, 0.1) is 0 Å². The number of hydrogen-bond donors (Lipinski definition) is 2. The minimum Gasteiger partial charge on any atom is -0.382 e. The number of ether oxygens (including phenoxy) is 2. The van der Waals surface area contributed by atoms with E-state index in [2.05, 4.69) is 10.4 Å². The second-order valence-electron chi connectivity index (χ2n) is 4.03. The first-order chi connectivity index (χ1) is 8.29. The van der Waals surface area contributed by atoms with Crippen LogP contribution in [0.3, 0.4) is 0 Å². The van der Waals surface area contributed by atoms with Gasteiger partial charge in [-0.3, -0.25) is 10.4 Å². The number of nitrogens with zero attached hydrogens (tertiary/aromatic N) is 2. The van der Waals surface area contributed by atoms with E-state index < -0.39 is 0 Å². The van der Waals surface area contributed by atoms with Crippen LogP contribution in [0.2, 0.25) is 0 Å². The molecular formula is C11H24N4O2. The zero-order valence-corrected chi connectivity index (χ0v) is 10.8. The molecule has 0 aromatic rings. The van der Waals surface area contributed by atoms with Crippen LogP contribution in [0.25, 0.3) is 0 Å². The molecule has 1 atom stereocenters. The highest BCUT2D eigenvalue weighted by molar-refractivity contribution is 5.79. The summed E-state index contributed by atoms with van der Waals surface area (Å²) < 4.78 is 10.6. The number of hydrogen-bond acceptors (Lipinski definition) is 4. The molecule has 0 spiro atoms. The second kappa shape index (κ2) is 8.27. The molecule has 1 aliphatic heterocycles. The predicted molar refractivity (Wildman–Crippen MR) is 67.7 cm³/mol. The van der Waals surface area contributed by atoms with Crippen LogP contribution >= 0.6 is 0 Å². The molecule has 1 saturated heterocycles. The van der Waals surface area contributed by atoms with Crippen molar-refractivity contribution in [3.63, 3.8) is 0 Å². The molecule has 0 aromatic heterocycles. The lowest BCUT2D eigenvalue weighted by Crippen LogP contribution is -2.48. The molecule has 1 rings (SSSR count). The van der Waals surface area contributed by atoms with Gasteiger partial charge in [0.05, 0.1) is 12.6 Å². The van der Waals surface area contributed by atoms with E-state index in [9.17, 15) is 0 Å². The van der Waals surface area contributed by atoms with Gasteiger partial charge in [0.25, 0.3) is 0 Å². The average Bonchev–Trinajstić information content (AvgIpc) is 2.87. The molecule has 0 aromatic carbocycles. The first-order valence-corrected chi connectivity index (χ1v) is 6.19. The Morgan fingerprint density at radius 3 is 3.06 bits per heavy atom. The fourth-order valence-corrected chi connectivity index (χ4v) is 1.76. The number of hydrazine groups is 1. The van der Waals surface area contributed by atoms with Gasteiger partial charge in [0, 0.05) is 33.4 Å². The van der Waals surface area contributed by atoms with Gasteiger partial charge >= 0.3 is 0 Å². The Morgan fingerprint density at radius 1 is 1.65 bits per heavy atom. The third kappa shape index (κ3) is 4.89. The molecule has 1 unspecified atom stereocenters. The fraction of sp³-hybridized carbons (Fsp3) is 0.909. The van der Waals surface area contributed by atoms with Gasteiger partial charge in [-0.25, -0.2) is 5.84 Å². The van der Waals surface area contributed by atoms with Gasteiger partial charge in [0.1, 0.15) is 0 Å². The summed E-state index contributed by atoms with van der Waals surface area (Å²) in [5.41, 5.74) is 2.65. The van der Waals surface area contributed by atoms with E-state index >= 15 is 0 Å². The van der Waals surface area contributed by atoms with Gasteiger partial charge in [0.2, 0.25) is 5.96 Å². The fourth-order valence-electron chi connectivity index (χ4n) is 1.76. The van der Waals surface area contributed by atoms with Gasteiger partial charge in [-0.05, 0) is 19.8 Å². The monoisotopic (exact) mass is 244 g/mol. The van der Waals surface area contributed by atoms with Crippen molar-refractivity contribution in [3.05, 3.63) is 0 Å². The molecule has 6 heteroatoms. The van der Waals surface area contributed by atoms with Crippen LogP contribution in [-0.2, 0) is 9.47 Å². The summed E-state index contributed by atoms with van der Waals surface area (Å²) in [6.07, 6.45) is 1.93. The van der Waals surface area contributed by atoms with Crippen LogP contribution in [0.15, 0.2) is 4.99 Å². The Balaban J connectivity index is 2.31. The van der Waals surface area contributed by atoms with Crippen molar-refractivity contribution in [2.75, 3.05) is 40.0 Å². The molecule has 0 radical (unpaired) electrons. The van der Waals surface area contributed by atoms with Gasteiger partial charge in [-0.2, -0.15) is 0 Å². The summed E-state index contributed by atoms with van der Waals surface area (Å²) in [5, 5.41) is 0. The molecule has 17 heavy (non-hydrogen) atoms. The Kier molecular flexibility index (Phi) is 6.91. The van der Waals surface area contributed by atoms with Crippen molar-refractivity contribution >= 4 is 5.96 Å². The lowest BCUT2D eigenvalue weighted by molar-refractivity contribution is 0.146. The Hall–Kier alpha value is -0.850. The molecular weight excluding hydrogens is 220 g/mol. The van der Waals surface area contributed by atoms with Gasteiger partial charge in [-0.15, -0.1) is 0 Å². The van der Waals surface area contributed by atoms with Crippen LogP contribution in [0.4, 0.5) is 0 Å². The van der Waals surface area contributed by atoms with Crippen molar-refractivity contribution in [1.29, 1.82) is 0 Å². The molecule has 6 nitrogen and oxygen atoms in total. The summed E-state index contributed by atoms with van der Waals surface area (Å²) in [6.45, 7) is 5.77. The minimum atomic E-state index is 0.372. The number of likely N-dealkylation sites (N-methyl/N-ethyl adjacent to an activating group) is 1. The second-order valence-corrected chi connectivity index (χ2v) is 4.03. The van der Waals surface area contributed by atoms with Crippen LogP contribution in [0.5, 0.6) is 0 Å². The molecule has 1 aliphatic rings. The van der Waals surface area contributed by atoms with Crippen molar-refractivity contribution in [3.8, 4) is 0 Å². The largest absolute Gasteiger partial charge is 0.382 e. The van der Waals surface area contributed by atoms with Gasteiger partial charge in [-0.1, -0.05) is 0 Å². The Morgan fingerprint density at radius 2 is 2.47 bits per heavy atom. The molecule has 1 heterocycles. The molecule has 0 amide bonds. The minimum absolute atomic E-state index is 0.372. The van der Waals surface area contributed by atoms with E-state index in [4.69, 9.17) is 15.3 Å². The molecule has 0 saturated carbocycles. The molecule has 100 valence electrons. The first kappa shape index (κ1) is 14.2. The van der Waals surface area contributed by atoms with Crippen molar-refractivity contribution in [2.24, 2.45) is 10.8 Å². The van der Waals surface area contributed by atoms with E-state index in [1.165, 1.54) is 0 Å². The van der Waals surface area contributed by atoms with Crippen LogP contribution < -0.4 is 11.3 Å². The highest BCUT2D eigenvalue weighted by Crippen LogP contribution is 2.10. The number of rotatable bonds is 6. The number of aliphatic imine (C=N–C) groups is 1. The zero-order chi connectivity index (χ0) is 12.5. The lowest BCUT2D eigenvalue weighted by atomic mass is 10.2. The molecule has 1 fully saturated rings. The van der Waals surface area contributed by atoms with E-state index in [1.54, 1.807) is 0 Å². The summed E-state index contributed by atoms with van der Waals surface area (Å²) in [7, 11) is 1.99. The highest BCUT2D eigenvalue weighted by atomic mass is 16.5. The topological polar surface area (TPSA) is 72.1 Å². The first-order valence-electron chi connectivity index (χ1n) is 6.19. The van der Waals surface area contributed by atoms with Gasteiger partial charge < -0.3 is 14.4 Å². The highest BCUT2D eigenvalue weighted by Gasteiger charge is 2.22. The zero-order valence-electron chi connectivity index (χ0n) is 10.8. The normalized spacial score (nSPS) is 20.6. The average molecular weight is 244 g/mol. The maximum atomic E-state index is 5.49. The SMILES string of the molecule is CCOCCCN=C(NN)N(C)C1CCOC1. The van der Waals surface area contributed by atoms with E-state index in [0.29, 0.717) is 6.04 Å². The van der Waals surface area contributed by atoms with E-state index in [1.807, 2.05) is 18.9 Å². The molecule has 0 aliphatic carbocycles. The van der Waals surface area contributed by atoms with Crippen molar-refractivity contribution in [1.82, 2.24) is 10.3 Å². The molecule has 0 bridgehead atoms. The Bertz CT molecular complexity index is 230. The van der Waals surface area contributed by atoms with Crippen molar-refractivity contribution < 1.29 is 9.47 Å². The summed E-state index contributed by atoms with van der Waals surface area (Å²) in [4.78, 5) is 6.48. The summed E-state index contributed by atoms with van der Waals surface area (Å²) in [5.74, 6) is 6.21. The quantitative estimate of drug-likeness (QED) is 0.225. The van der Waals surface area contributed by atoms with Crippen LogP contribution in [-0.4, -0.2) is 56.9 Å². The summed E-state index contributed by atoms with van der Waals surface area (Å²) >= 11 is 0. The predicted octanol–water partition coefficient (Wildman–Crippen LogP) is -0.0470. The van der Waals surface area contributed by atoms with Crippen LogP contribution in [0.1, 0.15) is 19.8 Å². The summed E-state index contributed by atoms with van der Waals surface area (Å²) in [6, 6.07) is 0.372. The maximum absolute atomic E-state index is 5.49.